The molecule has 112 valence electrons. The fourth-order valence-electron chi connectivity index (χ4n) is 2.34. The molecule has 0 unspecified atom stereocenters. The molecule has 22 heavy (non-hydrogen) atoms. The Kier molecular flexibility index (Phi) is 3.55. The van der Waals surface area contributed by atoms with Crippen molar-refractivity contribution in [3.05, 3.63) is 65.4 Å². The Labute approximate surface area is 128 Å². The van der Waals surface area contributed by atoms with Crippen molar-refractivity contribution >= 4 is 11.6 Å². The van der Waals surface area contributed by atoms with Gasteiger partial charge in [-0.25, -0.2) is 4.68 Å². The van der Waals surface area contributed by atoms with Gasteiger partial charge in [-0.3, -0.25) is 4.79 Å². The van der Waals surface area contributed by atoms with Crippen LogP contribution in [0.1, 0.15) is 27.3 Å². The smallest absolute Gasteiger partial charge is 0.259 e. The second kappa shape index (κ2) is 5.52. The van der Waals surface area contributed by atoms with Crippen LogP contribution in [0.2, 0.25) is 0 Å². The number of aryl methyl sites for hydroxylation is 2. The highest BCUT2D eigenvalue weighted by Gasteiger charge is 2.16. The number of carbonyl (C=O) groups is 1. The van der Waals surface area contributed by atoms with Crippen molar-refractivity contribution in [2.45, 2.75) is 20.8 Å². The molecule has 2 aromatic heterocycles. The van der Waals surface area contributed by atoms with Gasteiger partial charge in [0.25, 0.3) is 5.91 Å². The Hall–Kier alpha value is -2.82. The molecule has 0 aliphatic carbocycles. The Morgan fingerprint density at radius 3 is 2.50 bits per heavy atom. The van der Waals surface area contributed by atoms with Crippen LogP contribution in [0.25, 0.3) is 5.69 Å². The monoisotopic (exact) mass is 295 g/mol. The van der Waals surface area contributed by atoms with Gasteiger partial charge in [-0.15, -0.1) is 0 Å². The van der Waals surface area contributed by atoms with Crippen LogP contribution in [0.4, 0.5) is 5.69 Å². The van der Waals surface area contributed by atoms with Crippen molar-refractivity contribution in [1.82, 2.24) is 9.78 Å². The topological polar surface area (TPSA) is 60.1 Å². The van der Waals surface area contributed by atoms with Gasteiger partial charge in [-0.05, 0) is 39.0 Å². The Balaban J connectivity index is 1.93. The number of hydrogen-bond donors (Lipinski definition) is 1. The fraction of sp³-hybridized carbons (Fsp3) is 0.176. The Bertz CT molecular complexity index is 799. The van der Waals surface area contributed by atoms with Crippen molar-refractivity contribution in [2.75, 3.05) is 5.32 Å². The normalized spacial score (nSPS) is 10.7. The zero-order valence-electron chi connectivity index (χ0n) is 12.8. The van der Waals surface area contributed by atoms with E-state index in [0.29, 0.717) is 5.56 Å². The maximum atomic E-state index is 12.2. The largest absolute Gasteiger partial charge is 0.472 e. The molecule has 0 bridgehead atoms. The van der Waals surface area contributed by atoms with Gasteiger partial charge in [0, 0.05) is 0 Å². The van der Waals surface area contributed by atoms with E-state index in [1.807, 2.05) is 49.7 Å². The summed E-state index contributed by atoms with van der Waals surface area (Å²) in [6.07, 6.45) is 2.90. The van der Waals surface area contributed by atoms with Crippen LogP contribution in [0.15, 0.2) is 47.3 Å². The number of hydrogen-bond acceptors (Lipinski definition) is 3. The van der Waals surface area contributed by atoms with E-state index < -0.39 is 0 Å². The van der Waals surface area contributed by atoms with E-state index in [-0.39, 0.29) is 5.91 Å². The summed E-state index contributed by atoms with van der Waals surface area (Å²) in [7, 11) is 0. The Morgan fingerprint density at radius 2 is 1.86 bits per heavy atom. The Morgan fingerprint density at radius 1 is 1.14 bits per heavy atom. The quantitative estimate of drug-likeness (QED) is 0.802. The highest BCUT2D eigenvalue weighted by atomic mass is 16.3. The number of aromatic nitrogens is 2. The van der Waals surface area contributed by atoms with E-state index in [0.717, 1.165) is 22.8 Å². The van der Waals surface area contributed by atoms with E-state index in [2.05, 4.69) is 10.4 Å². The number of nitrogens with zero attached hydrogens (tertiary/aromatic N) is 2. The predicted octanol–water partition coefficient (Wildman–Crippen LogP) is 3.64. The van der Waals surface area contributed by atoms with Crippen LogP contribution in [0.3, 0.4) is 0 Å². The SMILES string of the molecule is Cc1ccc(-n2nc(C)c(NC(=O)c3ccoc3)c2C)cc1. The molecule has 1 N–H and O–H groups in total. The van der Waals surface area contributed by atoms with Gasteiger partial charge in [0.2, 0.25) is 0 Å². The van der Waals surface area contributed by atoms with Crippen molar-refractivity contribution < 1.29 is 9.21 Å². The lowest BCUT2D eigenvalue weighted by Crippen LogP contribution is -2.12. The summed E-state index contributed by atoms with van der Waals surface area (Å²) in [6, 6.07) is 9.72. The minimum Gasteiger partial charge on any atom is -0.472 e. The predicted molar refractivity (Wildman–Crippen MR) is 84.4 cm³/mol. The summed E-state index contributed by atoms with van der Waals surface area (Å²) in [6.45, 7) is 5.86. The molecular weight excluding hydrogens is 278 g/mol. The summed E-state index contributed by atoms with van der Waals surface area (Å²) in [5.74, 6) is -0.205. The molecule has 2 heterocycles. The molecule has 0 aliphatic rings. The maximum absolute atomic E-state index is 12.2. The van der Waals surface area contributed by atoms with E-state index in [1.165, 1.54) is 18.1 Å². The third kappa shape index (κ3) is 2.53. The molecule has 0 fully saturated rings. The van der Waals surface area contributed by atoms with Gasteiger partial charge in [0.15, 0.2) is 0 Å². The number of nitrogens with one attached hydrogen (secondary N) is 1. The second-order valence-corrected chi connectivity index (χ2v) is 5.26. The lowest BCUT2D eigenvalue weighted by molar-refractivity contribution is 0.102. The summed E-state index contributed by atoms with van der Waals surface area (Å²) >= 11 is 0. The van der Waals surface area contributed by atoms with Crippen LogP contribution in [0.5, 0.6) is 0 Å². The molecule has 0 aliphatic heterocycles. The molecule has 0 saturated heterocycles. The lowest BCUT2D eigenvalue weighted by atomic mass is 10.2. The van der Waals surface area contributed by atoms with Crippen LogP contribution in [-0.4, -0.2) is 15.7 Å². The molecule has 5 heteroatoms. The zero-order valence-corrected chi connectivity index (χ0v) is 12.8. The summed E-state index contributed by atoms with van der Waals surface area (Å²) in [5, 5.41) is 7.42. The number of carbonyl (C=O) groups excluding carboxylic acids is 1. The molecule has 3 aromatic rings. The van der Waals surface area contributed by atoms with Gasteiger partial charge in [0.05, 0.1) is 34.6 Å². The molecule has 0 atom stereocenters. The third-order valence-electron chi connectivity index (χ3n) is 3.59. The first-order valence-electron chi connectivity index (χ1n) is 7.03. The van der Waals surface area contributed by atoms with Crippen molar-refractivity contribution in [3.8, 4) is 5.69 Å². The van der Waals surface area contributed by atoms with Gasteiger partial charge >= 0.3 is 0 Å². The zero-order chi connectivity index (χ0) is 15.7. The molecule has 1 amide bonds. The minimum absolute atomic E-state index is 0.205. The van der Waals surface area contributed by atoms with Gasteiger partial charge in [0.1, 0.15) is 6.26 Å². The molecular formula is C17H17N3O2. The molecule has 5 nitrogen and oxygen atoms in total. The minimum atomic E-state index is -0.205. The second-order valence-electron chi connectivity index (χ2n) is 5.26. The summed E-state index contributed by atoms with van der Waals surface area (Å²) in [5.41, 5.74) is 5.04. The van der Waals surface area contributed by atoms with Gasteiger partial charge in [-0.2, -0.15) is 5.10 Å². The van der Waals surface area contributed by atoms with Crippen LogP contribution in [0, 0.1) is 20.8 Å². The van der Waals surface area contributed by atoms with Crippen LogP contribution < -0.4 is 5.32 Å². The standard InChI is InChI=1S/C17H17N3O2/c1-11-4-6-15(7-5-11)20-13(3)16(12(2)19-20)18-17(21)14-8-9-22-10-14/h4-10H,1-3H3,(H,18,21). The number of furan rings is 1. The van der Waals surface area contributed by atoms with Crippen molar-refractivity contribution in [3.63, 3.8) is 0 Å². The lowest BCUT2D eigenvalue weighted by Gasteiger charge is -2.06. The third-order valence-corrected chi connectivity index (χ3v) is 3.59. The first-order chi connectivity index (χ1) is 10.6. The van der Waals surface area contributed by atoms with Crippen molar-refractivity contribution in [2.24, 2.45) is 0 Å². The number of anilines is 1. The molecule has 0 saturated carbocycles. The van der Waals surface area contributed by atoms with Crippen LogP contribution >= 0.6 is 0 Å². The van der Waals surface area contributed by atoms with Gasteiger partial charge < -0.3 is 9.73 Å². The molecule has 0 spiro atoms. The summed E-state index contributed by atoms with van der Waals surface area (Å²) < 4.78 is 6.77. The maximum Gasteiger partial charge on any atom is 0.259 e. The first-order valence-corrected chi connectivity index (χ1v) is 7.03. The van der Waals surface area contributed by atoms with E-state index >= 15 is 0 Å². The number of rotatable bonds is 3. The fourth-order valence-corrected chi connectivity index (χ4v) is 2.34. The highest BCUT2D eigenvalue weighted by molar-refractivity contribution is 6.04. The van der Waals surface area contributed by atoms with Gasteiger partial charge in [-0.1, -0.05) is 17.7 Å². The average Bonchev–Trinajstić information content (AvgIpc) is 3.12. The highest BCUT2D eigenvalue weighted by Crippen LogP contribution is 2.23. The summed E-state index contributed by atoms with van der Waals surface area (Å²) in [4.78, 5) is 12.2. The van der Waals surface area contributed by atoms with E-state index in [4.69, 9.17) is 4.42 Å². The van der Waals surface area contributed by atoms with Crippen LogP contribution in [-0.2, 0) is 0 Å². The first kappa shape index (κ1) is 14.1. The molecule has 0 radical (unpaired) electrons. The van der Waals surface area contributed by atoms with E-state index in [9.17, 15) is 4.79 Å². The number of amides is 1. The molecule has 3 rings (SSSR count). The average molecular weight is 295 g/mol. The molecule has 1 aromatic carbocycles. The number of benzene rings is 1. The van der Waals surface area contributed by atoms with E-state index in [1.54, 1.807) is 6.07 Å². The van der Waals surface area contributed by atoms with Crippen molar-refractivity contribution in [1.29, 1.82) is 0 Å².